The van der Waals surface area contributed by atoms with Crippen LogP contribution in [0.5, 0.6) is 17.2 Å². The lowest BCUT2D eigenvalue weighted by molar-refractivity contribution is -0.109. The van der Waals surface area contributed by atoms with Gasteiger partial charge in [0.05, 0.1) is 16.7 Å². The number of nitrogens with one attached hydrogen (secondary N) is 1. The number of hydrogen-bond donors (Lipinski definition) is 2. The van der Waals surface area contributed by atoms with E-state index < -0.39 is 0 Å². The second-order valence-electron chi connectivity index (χ2n) is 13.1. The Morgan fingerprint density at radius 1 is 0.865 bits per heavy atom. The highest BCUT2D eigenvalue weighted by Crippen LogP contribution is 2.37. The Bertz CT molecular complexity index is 2080. The van der Waals surface area contributed by atoms with Crippen LogP contribution in [-0.4, -0.2) is 35.1 Å². The molecule has 2 N–H and O–H groups in total. The van der Waals surface area contributed by atoms with E-state index in [1.807, 2.05) is 42.5 Å². The second-order valence-corrected chi connectivity index (χ2v) is 13.5. The average molecular weight is 716 g/mol. The molecule has 2 atom stereocenters. The van der Waals surface area contributed by atoms with Crippen LogP contribution < -0.4 is 19.5 Å². The summed E-state index contributed by atoms with van der Waals surface area (Å²) in [6.07, 6.45) is 7.36. The zero-order chi connectivity index (χ0) is 36.5. The number of halogens is 1. The third-order valence-corrected chi connectivity index (χ3v) is 9.93. The van der Waals surface area contributed by atoms with Gasteiger partial charge in [-0.25, -0.2) is 0 Å². The number of aldehydes is 1. The number of nitriles is 1. The van der Waals surface area contributed by atoms with Crippen LogP contribution in [0.25, 0.3) is 22.3 Å². The van der Waals surface area contributed by atoms with Crippen molar-refractivity contribution >= 4 is 17.9 Å². The summed E-state index contributed by atoms with van der Waals surface area (Å²) in [5.41, 5.74) is 9.61. The lowest BCUT2D eigenvalue weighted by atomic mass is 9.89. The Hall–Kier alpha value is -5.20. The van der Waals surface area contributed by atoms with Crippen molar-refractivity contribution in [3.05, 3.63) is 130 Å². The maximum atomic E-state index is 10.8. The first-order valence-corrected chi connectivity index (χ1v) is 17.9. The van der Waals surface area contributed by atoms with E-state index in [-0.39, 0.29) is 32.0 Å². The van der Waals surface area contributed by atoms with Gasteiger partial charge in [0.25, 0.3) is 0 Å². The normalized spacial score (nSPS) is 15.4. The van der Waals surface area contributed by atoms with Crippen molar-refractivity contribution in [2.24, 2.45) is 0 Å². The number of ether oxygens (including phenoxy) is 3. The van der Waals surface area contributed by atoms with E-state index in [1.165, 1.54) is 6.20 Å². The molecule has 6 rings (SSSR count). The molecular weight excluding hydrogens is 674 g/mol. The quantitative estimate of drug-likeness (QED) is 0.110. The Kier molecular flexibility index (Phi) is 12.2. The molecule has 1 aliphatic rings. The smallest absolute Gasteiger partial charge is 0.157 e. The van der Waals surface area contributed by atoms with Gasteiger partial charge in [-0.2, -0.15) is 5.26 Å². The minimum atomic E-state index is -0.388. The van der Waals surface area contributed by atoms with Crippen LogP contribution in [0.15, 0.2) is 91.3 Å². The molecule has 1 aliphatic carbocycles. The number of carbonyl (C=O) groups is 1. The maximum Gasteiger partial charge on any atom is 0.157 e. The fourth-order valence-corrected chi connectivity index (χ4v) is 6.99. The predicted molar refractivity (Wildman–Crippen MR) is 203 cm³/mol. The summed E-state index contributed by atoms with van der Waals surface area (Å²) in [6.45, 7) is 5.18. The summed E-state index contributed by atoms with van der Waals surface area (Å²) in [5.74, 6) is 1.73. The zero-order valence-corrected chi connectivity index (χ0v) is 30.2. The van der Waals surface area contributed by atoms with Crippen LogP contribution in [0.2, 0.25) is 5.02 Å². The predicted octanol–water partition coefficient (Wildman–Crippen LogP) is 8.69. The molecule has 0 aliphatic heterocycles. The lowest BCUT2D eigenvalue weighted by Gasteiger charge is -2.29. The number of nitrogens with zero attached hydrogens (tertiary/aromatic N) is 2. The minimum absolute atomic E-state index is 0.0000101. The Balaban J connectivity index is 1.24. The topological polar surface area (TPSA) is 114 Å². The fraction of sp³-hybridized carbons (Fsp3) is 0.279. The molecule has 266 valence electrons. The highest BCUT2D eigenvalue weighted by atomic mass is 35.5. The summed E-state index contributed by atoms with van der Waals surface area (Å²) >= 11 is 6.85. The second kappa shape index (κ2) is 17.3. The van der Waals surface area contributed by atoms with Gasteiger partial charge in [0.1, 0.15) is 43.1 Å². The molecule has 0 spiro atoms. The van der Waals surface area contributed by atoms with Crippen molar-refractivity contribution < 1.29 is 24.1 Å². The Morgan fingerprint density at radius 3 is 2.42 bits per heavy atom. The number of hydrogen-bond acceptors (Lipinski definition) is 8. The fourth-order valence-electron chi connectivity index (χ4n) is 6.75. The molecule has 0 unspecified atom stereocenters. The summed E-state index contributed by atoms with van der Waals surface area (Å²) in [7, 11) is 0. The summed E-state index contributed by atoms with van der Waals surface area (Å²) in [4.78, 5) is 15.0. The lowest BCUT2D eigenvalue weighted by Crippen LogP contribution is -2.41. The molecule has 0 saturated heterocycles. The van der Waals surface area contributed by atoms with Gasteiger partial charge in [0, 0.05) is 42.2 Å². The largest absolute Gasteiger partial charge is 0.488 e. The molecule has 8 nitrogen and oxygen atoms in total. The molecule has 1 aromatic heterocycles. The first-order chi connectivity index (χ1) is 25.3. The van der Waals surface area contributed by atoms with E-state index in [0.29, 0.717) is 34.4 Å². The molecule has 1 heterocycles. The molecule has 4 aromatic carbocycles. The Labute approximate surface area is 310 Å². The number of aliphatic hydroxyl groups is 1. The van der Waals surface area contributed by atoms with Crippen LogP contribution in [0, 0.1) is 25.2 Å². The van der Waals surface area contributed by atoms with E-state index in [2.05, 4.69) is 60.5 Å². The van der Waals surface area contributed by atoms with Crippen molar-refractivity contribution in [2.75, 3.05) is 6.61 Å². The minimum Gasteiger partial charge on any atom is -0.488 e. The molecule has 0 radical (unpaired) electrons. The van der Waals surface area contributed by atoms with Gasteiger partial charge in [-0.3, -0.25) is 9.78 Å². The number of benzene rings is 4. The highest BCUT2D eigenvalue weighted by molar-refractivity contribution is 6.32. The number of aromatic nitrogens is 1. The molecule has 0 amide bonds. The number of pyridine rings is 1. The van der Waals surface area contributed by atoms with Crippen LogP contribution in [0.3, 0.4) is 0 Å². The van der Waals surface area contributed by atoms with E-state index in [9.17, 15) is 15.2 Å². The molecular formula is C43H42ClN3O5. The number of carbonyl (C=O) groups excluding carboxylic acids is 1. The monoisotopic (exact) mass is 715 g/mol. The molecule has 52 heavy (non-hydrogen) atoms. The van der Waals surface area contributed by atoms with Crippen LogP contribution in [-0.2, 0) is 24.6 Å². The van der Waals surface area contributed by atoms with E-state index >= 15 is 0 Å². The van der Waals surface area contributed by atoms with Crippen molar-refractivity contribution in [1.29, 1.82) is 5.26 Å². The third-order valence-electron chi connectivity index (χ3n) is 9.63. The highest BCUT2D eigenvalue weighted by Gasteiger charge is 2.23. The summed E-state index contributed by atoms with van der Waals surface area (Å²) in [5, 5.41) is 23.8. The maximum absolute atomic E-state index is 10.8. The van der Waals surface area contributed by atoms with Gasteiger partial charge in [-0.15, -0.1) is 0 Å². The van der Waals surface area contributed by atoms with Crippen molar-refractivity contribution in [3.63, 3.8) is 0 Å². The average Bonchev–Trinajstić information content (AvgIpc) is 3.16. The van der Waals surface area contributed by atoms with Gasteiger partial charge in [0.2, 0.25) is 0 Å². The van der Waals surface area contributed by atoms with Crippen molar-refractivity contribution in [3.8, 4) is 45.6 Å². The van der Waals surface area contributed by atoms with Crippen LogP contribution in [0.4, 0.5) is 0 Å². The van der Waals surface area contributed by atoms with Crippen molar-refractivity contribution in [1.82, 2.24) is 10.3 Å². The van der Waals surface area contributed by atoms with E-state index in [4.69, 9.17) is 25.8 Å². The first-order valence-electron chi connectivity index (χ1n) is 17.5. The first kappa shape index (κ1) is 36.6. The van der Waals surface area contributed by atoms with Gasteiger partial charge in [-0.1, -0.05) is 73.0 Å². The van der Waals surface area contributed by atoms with Gasteiger partial charge >= 0.3 is 0 Å². The van der Waals surface area contributed by atoms with Gasteiger partial charge in [-0.05, 0) is 89.9 Å². The molecule has 0 bridgehead atoms. The molecule has 1 saturated carbocycles. The van der Waals surface area contributed by atoms with Crippen LogP contribution >= 0.6 is 11.6 Å². The standard InChI is InChI=1S/C43H42ClN3O5/c1-28-33(9-6-12-37(28)38-13-7-11-36(29(38)2)32-8-5-10-35(19-32)50-17-16-48)27-52-43-21-42(51-26-31-18-30(22-45)23-46-24-31)34(20-39(43)44)25-47-40-14-3-4-15-41(40)49/h5-13,16,18-21,23-24,40-41,47,49H,3-4,14-15,17,25-27H2,1-2H3/t40-,41-/m0/s1. The van der Waals surface area contributed by atoms with Gasteiger partial charge < -0.3 is 24.6 Å². The molecule has 5 aromatic rings. The zero-order valence-electron chi connectivity index (χ0n) is 29.4. The SMILES string of the molecule is Cc1c(COc2cc(OCc3cncc(C#N)c3)c(CN[C@H]3CCCC[C@@H]3O)cc2Cl)cccc1-c1cccc(-c2cccc(OCC=O)c2)c1C. The van der Waals surface area contributed by atoms with Crippen LogP contribution in [0.1, 0.15) is 59.1 Å². The summed E-state index contributed by atoms with van der Waals surface area (Å²) < 4.78 is 18.3. The Morgan fingerprint density at radius 2 is 1.62 bits per heavy atom. The van der Waals surface area contributed by atoms with Gasteiger partial charge in [0.15, 0.2) is 6.29 Å². The molecule has 1 fully saturated rings. The van der Waals surface area contributed by atoms with Crippen molar-refractivity contribution in [2.45, 2.75) is 71.4 Å². The third kappa shape index (κ3) is 8.80. The number of aliphatic hydroxyl groups excluding tert-OH is 1. The van der Waals surface area contributed by atoms with E-state index in [1.54, 1.807) is 12.3 Å². The van der Waals surface area contributed by atoms with E-state index in [0.717, 1.165) is 82.0 Å². The summed E-state index contributed by atoms with van der Waals surface area (Å²) in [6, 6.07) is 27.8. The molecule has 9 heteroatoms. The number of rotatable bonds is 14.